The van der Waals surface area contributed by atoms with Gasteiger partial charge in [0.15, 0.2) is 17.5 Å². The lowest BCUT2D eigenvalue weighted by molar-refractivity contribution is -0.131. The van der Waals surface area contributed by atoms with Crippen LogP contribution in [-0.4, -0.2) is 29.5 Å². The van der Waals surface area contributed by atoms with Crippen LogP contribution in [0.25, 0.3) is 11.1 Å². The SMILES string of the molecule is CCNC(=O)c1ccc(C(=O)NC(C(=O)NO)c2ccc(-c3cc(F)c(F)c(F)c3)cc2)cc1. The topological polar surface area (TPSA) is 108 Å². The molecule has 0 aliphatic carbocycles. The van der Waals surface area contributed by atoms with Crippen LogP contribution < -0.4 is 16.1 Å². The van der Waals surface area contributed by atoms with E-state index in [4.69, 9.17) is 5.21 Å². The van der Waals surface area contributed by atoms with Gasteiger partial charge in [0, 0.05) is 17.7 Å². The van der Waals surface area contributed by atoms with Crippen molar-refractivity contribution in [2.24, 2.45) is 0 Å². The van der Waals surface area contributed by atoms with Crippen molar-refractivity contribution in [3.8, 4) is 11.1 Å². The molecule has 0 saturated carbocycles. The van der Waals surface area contributed by atoms with Crippen LogP contribution in [0.5, 0.6) is 0 Å². The Hall–Kier alpha value is -4.18. The molecule has 0 fully saturated rings. The summed E-state index contributed by atoms with van der Waals surface area (Å²) in [6.45, 7) is 2.22. The number of rotatable bonds is 7. The molecule has 3 aromatic rings. The van der Waals surface area contributed by atoms with E-state index < -0.39 is 35.3 Å². The molecule has 7 nitrogen and oxygen atoms in total. The zero-order valence-electron chi connectivity index (χ0n) is 17.9. The number of carbonyl (C=O) groups excluding carboxylic acids is 3. The maximum Gasteiger partial charge on any atom is 0.270 e. The van der Waals surface area contributed by atoms with E-state index in [1.54, 1.807) is 6.92 Å². The van der Waals surface area contributed by atoms with E-state index in [0.717, 1.165) is 12.1 Å². The van der Waals surface area contributed by atoms with E-state index in [1.165, 1.54) is 54.0 Å². The van der Waals surface area contributed by atoms with E-state index in [1.807, 2.05) is 0 Å². The van der Waals surface area contributed by atoms with E-state index >= 15 is 0 Å². The fourth-order valence-electron chi connectivity index (χ4n) is 3.21. The molecule has 0 aliphatic heterocycles. The average Bonchev–Trinajstić information content (AvgIpc) is 2.85. The van der Waals surface area contributed by atoms with Crippen LogP contribution in [0.3, 0.4) is 0 Å². The van der Waals surface area contributed by atoms with E-state index in [-0.39, 0.29) is 22.6 Å². The van der Waals surface area contributed by atoms with Gasteiger partial charge in [-0.05, 0) is 60.0 Å². The summed E-state index contributed by atoms with van der Waals surface area (Å²) >= 11 is 0. The summed E-state index contributed by atoms with van der Waals surface area (Å²) in [7, 11) is 0. The summed E-state index contributed by atoms with van der Waals surface area (Å²) in [5, 5.41) is 14.2. The standard InChI is InChI=1S/C24H20F3N3O4/c1-2-28-22(31)15-7-9-16(10-8-15)23(32)29-21(24(33)30-34)14-5-3-13(4-6-14)17-11-18(25)20(27)19(26)12-17/h3-12,21,34H,2H2,1H3,(H,28,31)(H,29,32)(H,30,33). The predicted octanol–water partition coefficient (Wildman–Crippen LogP) is 3.50. The van der Waals surface area contributed by atoms with E-state index in [2.05, 4.69) is 10.6 Å². The number of carbonyl (C=O) groups is 3. The van der Waals surface area contributed by atoms with Crippen LogP contribution in [0.1, 0.15) is 39.2 Å². The van der Waals surface area contributed by atoms with Gasteiger partial charge in [0.2, 0.25) is 0 Å². The number of hydroxylamine groups is 1. The molecule has 0 spiro atoms. The van der Waals surface area contributed by atoms with Crippen molar-refractivity contribution in [2.45, 2.75) is 13.0 Å². The highest BCUT2D eigenvalue weighted by atomic mass is 19.2. The van der Waals surface area contributed by atoms with Crippen molar-refractivity contribution in [3.63, 3.8) is 0 Å². The zero-order valence-corrected chi connectivity index (χ0v) is 17.9. The monoisotopic (exact) mass is 471 g/mol. The fraction of sp³-hybridized carbons (Fsp3) is 0.125. The summed E-state index contributed by atoms with van der Waals surface area (Å²) in [5.41, 5.74) is 2.65. The molecule has 0 bridgehead atoms. The first-order chi connectivity index (χ1) is 16.2. The van der Waals surface area contributed by atoms with Gasteiger partial charge in [-0.1, -0.05) is 24.3 Å². The van der Waals surface area contributed by atoms with Crippen LogP contribution in [-0.2, 0) is 4.79 Å². The van der Waals surface area contributed by atoms with Crippen molar-refractivity contribution >= 4 is 17.7 Å². The summed E-state index contributed by atoms with van der Waals surface area (Å²) in [6, 6.07) is 11.8. The smallest absolute Gasteiger partial charge is 0.270 e. The molecule has 3 amide bonds. The number of benzene rings is 3. The van der Waals surface area contributed by atoms with Crippen LogP contribution in [0.15, 0.2) is 60.7 Å². The highest BCUT2D eigenvalue weighted by molar-refractivity contribution is 5.99. The molecule has 1 atom stereocenters. The number of nitrogens with one attached hydrogen (secondary N) is 3. The molecule has 3 rings (SSSR count). The Bertz CT molecular complexity index is 1190. The molecule has 0 aromatic heterocycles. The van der Waals surface area contributed by atoms with Crippen molar-refractivity contribution < 1.29 is 32.8 Å². The lowest BCUT2D eigenvalue weighted by atomic mass is 9.99. The van der Waals surface area contributed by atoms with Crippen molar-refractivity contribution in [3.05, 3.63) is 94.8 Å². The summed E-state index contributed by atoms with van der Waals surface area (Å²) in [6.07, 6.45) is 0. The molecule has 0 aliphatic rings. The molecule has 1 unspecified atom stereocenters. The first kappa shape index (κ1) is 24.5. The van der Waals surface area contributed by atoms with Crippen LogP contribution >= 0.6 is 0 Å². The van der Waals surface area contributed by atoms with Crippen molar-refractivity contribution in [2.75, 3.05) is 6.54 Å². The minimum Gasteiger partial charge on any atom is -0.352 e. The molecule has 0 radical (unpaired) electrons. The van der Waals surface area contributed by atoms with Gasteiger partial charge in [-0.2, -0.15) is 0 Å². The quantitative estimate of drug-likeness (QED) is 0.240. The second-order valence-corrected chi connectivity index (χ2v) is 7.20. The zero-order chi connectivity index (χ0) is 24.8. The number of hydrogen-bond donors (Lipinski definition) is 4. The van der Waals surface area contributed by atoms with Gasteiger partial charge in [-0.15, -0.1) is 0 Å². The third kappa shape index (κ3) is 5.41. The first-order valence-electron chi connectivity index (χ1n) is 10.1. The Morgan fingerprint density at radius 3 is 1.85 bits per heavy atom. The third-order valence-corrected chi connectivity index (χ3v) is 4.96. The van der Waals surface area contributed by atoms with Gasteiger partial charge in [0.05, 0.1) is 0 Å². The molecule has 0 heterocycles. The molecule has 3 aromatic carbocycles. The number of amides is 3. The van der Waals surface area contributed by atoms with Gasteiger partial charge in [-0.25, -0.2) is 18.7 Å². The molecule has 10 heteroatoms. The summed E-state index contributed by atoms with van der Waals surface area (Å²) in [4.78, 5) is 36.7. The molecule has 176 valence electrons. The van der Waals surface area contributed by atoms with Gasteiger partial charge < -0.3 is 10.6 Å². The van der Waals surface area contributed by atoms with Crippen LogP contribution in [0, 0.1) is 17.5 Å². The fourth-order valence-corrected chi connectivity index (χ4v) is 3.21. The summed E-state index contributed by atoms with van der Waals surface area (Å²) in [5.74, 6) is -6.15. The Morgan fingerprint density at radius 1 is 0.824 bits per heavy atom. The van der Waals surface area contributed by atoms with Gasteiger partial charge in [-0.3, -0.25) is 19.6 Å². The predicted molar refractivity (Wildman–Crippen MR) is 116 cm³/mol. The van der Waals surface area contributed by atoms with E-state index in [0.29, 0.717) is 17.7 Å². The van der Waals surface area contributed by atoms with Gasteiger partial charge >= 0.3 is 0 Å². The normalized spacial score (nSPS) is 11.4. The van der Waals surface area contributed by atoms with Gasteiger partial charge in [0.1, 0.15) is 6.04 Å². The molecule has 0 saturated heterocycles. The highest BCUT2D eigenvalue weighted by Gasteiger charge is 2.23. The Labute approximate surface area is 192 Å². The molecular weight excluding hydrogens is 451 g/mol. The van der Waals surface area contributed by atoms with Crippen LogP contribution in [0.2, 0.25) is 0 Å². The molecule has 4 N–H and O–H groups in total. The van der Waals surface area contributed by atoms with E-state index in [9.17, 15) is 27.6 Å². The minimum absolute atomic E-state index is 0.0716. The Kier molecular flexibility index (Phi) is 7.64. The minimum atomic E-state index is -1.58. The number of hydrogen-bond acceptors (Lipinski definition) is 4. The average molecular weight is 471 g/mol. The Morgan fingerprint density at radius 2 is 1.35 bits per heavy atom. The lowest BCUT2D eigenvalue weighted by Gasteiger charge is -2.18. The second-order valence-electron chi connectivity index (χ2n) is 7.20. The van der Waals surface area contributed by atoms with Gasteiger partial charge in [0.25, 0.3) is 17.7 Å². The second kappa shape index (κ2) is 10.6. The lowest BCUT2D eigenvalue weighted by Crippen LogP contribution is -2.39. The third-order valence-electron chi connectivity index (χ3n) is 4.96. The summed E-state index contributed by atoms with van der Waals surface area (Å²) < 4.78 is 40.3. The first-order valence-corrected chi connectivity index (χ1v) is 10.1. The largest absolute Gasteiger partial charge is 0.352 e. The maximum absolute atomic E-state index is 13.5. The Balaban J connectivity index is 1.81. The maximum atomic E-state index is 13.5. The van der Waals surface area contributed by atoms with Crippen molar-refractivity contribution in [1.29, 1.82) is 0 Å². The van der Waals surface area contributed by atoms with Crippen LogP contribution in [0.4, 0.5) is 13.2 Å². The van der Waals surface area contributed by atoms with Crippen molar-refractivity contribution in [1.82, 2.24) is 16.1 Å². The molecular formula is C24H20F3N3O4. The molecule has 34 heavy (non-hydrogen) atoms. The highest BCUT2D eigenvalue weighted by Crippen LogP contribution is 2.26. The number of halogens is 3.